The van der Waals surface area contributed by atoms with Crippen molar-refractivity contribution in [3.8, 4) is 5.75 Å². The molecule has 2 aromatic rings. The largest absolute Gasteiger partial charge is 0.423 e. The molecule has 0 unspecified atom stereocenters. The van der Waals surface area contributed by atoms with Crippen LogP contribution in [0, 0.1) is 7.14 Å². The predicted octanol–water partition coefficient (Wildman–Crippen LogP) is 7.07. The van der Waals surface area contributed by atoms with Crippen LogP contribution in [0.5, 0.6) is 5.75 Å². The molecule has 0 bridgehead atoms. The first-order valence-electron chi connectivity index (χ1n) is 11.6. The number of hydrogen-bond acceptors (Lipinski definition) is 4. The summed E-state index contributed by atoms with van der Waals surface area (Å²) in [5, 5.41) is 0. The topological polar surface area (TPSA) is 80.7 Å². The molecule has 33 heavy (non-hydrogen) atoms. The molecule has 2 aliphatic rings. The van der Waals surface area contributed by atoms with Crippen LogP contribution in [0.1, 0.15) is 90.8 Å². The quantitative estimate of drug-likeness (QED) is 0.160. The van der Waals surface area contributed by atoms with Gasteiger partial charge < -0.3 is 4.74 Å². The molecule has 0 heterocycles. The summed E-state index contributed by atoms with van der Waals surface area (Å²) >= 11 is 4.56. The summed E-state index contributed by atoms with van der Waals surface area (Å²) < 4.78 is 41.8. The summed E-state index contributed by atoms with van der Waals surface area (Å²) in [6.07, 6.45) is 10.7. The van der Waals surface area contributed by atoms with Crippen LogP contribution in [-0.4, -0.2) is 18.9 Å². The van der Waals surface area contributed by atoms with Gasteiger partial charge in [0.25, 0.3) is 10.1 Å². The van der Waals surface area contributed by atoms with Gasteiger partial charge in [-0.25, -0.2) is 4.79 Å². The number of fused-ring (bicyclic) bond motifs is 1. The molecular weight excluding hydrogens is 666 g/mol. The Labute approximate surface area is 223 Å². The van der Waals surface area contributed by atoms with E-state index in [1.807, 2.05) is 6.07 Å². The summed E-state index contributed by atoms with van der Waals surface area (Å²) in [5.74, 6) is 0.372. The molecule has 1 N–H and O–H groups in total. The maximum atomic E-state index is 13.5. The second-order valence-corrected chi connectivity index (χ2v) is 12.8. The van der Waals surface area contributed by atoms with Crippen LogP contribution in [0.4, 0.5) is 0 Å². The molecule has 2 aliphatic carbocycles. The van der Waals surface area contributed by atoms with E-state index in [-0.39, 0.29) is 4.90 Å². The minimum atomic E-state index is -4.34. The normalized spacial score (nSPS) is 17.7. The molecule has 0 radical (unpaired) electrons. The van der Waals surface area contributed by atoms with E-state index in [2.05, 4.69) is 51.2 Å². The van der Waals surface area contributed by atoms with Crippen LogP contribution < -0.4 is 4.74 Å². The van der Waals surface area contributed by atoms with Gasteiger partial charge in [0.1, 0.15) is 5.75 Å². The molecule has 8 heteroatoms. The standard InChI is InChI=1S/C25H28I2O5S/c26-17-14-20(24(21(27)15-17)16-8-4-3-5-9-16)25(28)32-22-12-13-23(33(29,30)31)19-11-7-2-1-6-10-18(19)22/h12-16H,1-11H2,(H,29,30,31). The van der Waals surface area contributed by atoms with E-state index in [1.165, 1.54) is 31.4 Å². The van der Waals surface area contributed by atoms with Gasteiger partial charge in [-0.3, -0.25) is 4.55 Å². The highest BCUT2D eigenvalue weighted by atomic mass is 127. The van der Waals surface area contributed by atoms with Crippen LogP contribution in [0.25, 0.3) is 0 Å². The zero-order chi connectivity index (χ0) is 23.6. The summed E-state index contributed by atoms with van der Waals surface area (Å²) in [5.41, 5.74) is 3.01. The predicted molar refractivity (Wildman–Crippen MR) is 145 cm³/mol. The Morgan fingerprint density at radius 2 is 1.55 bits per heavy atom. The molecule has 0 aromatic heterocycles. The molecule has 1 saturated carbocycles. The molecular formula is C25H28I2O5S. The fourth-order valence-corrected chi connectivity index (χ4v) is 8.27. The third-order valence-electron chi connectivity index (χ3n) is 6.76. The van der Waals surface area contributed by atoms with Gasteiger partial charge in [-0.1, -0.05) is 32.1 Å². The van der Waals surface area contributed by atoms with Crippen LogP contribution in [-0.2, 0) is 23.0 Å². The Kier molecular flexibility index (Phi) is 8.39. The maximum absolute atomic E-state index is 13.5. The van der Waals surface area contributed by atoms with Crippen LogP contribution in [0.3, 0.4) is 0 Å². The van der Waals surface area contributed by atoms with Crippen molar-refractivity contribution in [1.29, 1.82) is 0 Å². The van der Waals surface area contributed by atoms with E-state index < -0.39 is 16.1 Å². The lowest BCUT2D eigenvalue weighted by atomic mass is 9.82. The minimum absolute atomic E-state index is 0.0640. The number of benzene rings is 2. The molecule has 0 aliphatic heterocycles. The van der Waals surface area contributed by atoms with E-state index in [1.54, 1.807) is 0 Å². The number of rotatable bonds is 4. The average Bonchev–Trinajstić information content (AvgIpc) is 2.73. The maximum Gasteiger partial charge on any atom is 0.343 e. The lowest BCUT2D eigenvalue weighted by Crippen LogP contribution is -2.18. The van der Waals surface area contributed by atoms with E-state index in [9.17, 15) is 17.8 Å². The molecule has 0 spiro atoms. The fraction of sp³-hybridized carbons (Fsp3) is 0.480. The van der Waals surface area contributed by atoms with Gasteiger partial charge in [0.15, 0.2) is 0 Å². The SMILES string of the molecule is O=C(Oc1ccc(S(=O)(=O)O)c2c1CCCCCC2)c1cc(I)cc(I)c1C1CCCCC1. The highest BCUT2D eigenvalue weighted by molar-refractivity contribution is 14.1. The molecule has 0 atom stereocenters. The average molecular weight is 694 g/mol. The Morgan fingerprint density at radius 3 is 2.21 bits per heavy atom. The van der Waals surface area contributed by atoms with Crippen LogP contribution >= 0.6 is 45.2 Å². The fourth-order valence-electron chi connectivity index (χ4n) is 5.21. The second kappa shape index (κ2) is 10.9. The van der Waals surface area contributed by atoms with E-state index >= 15 is 0 Å². The van der Waals surface area contributed by atoms with E-state index in [4.69, 9.17) is 4.74 Å². The highest BCUT2D eigenvalue weighted by Crippen LogP contribution is 2.39. The molecule has 0 amide bonds. The van der Waals surface area contributed by atoms with Crippen molar-refractivity contribution in [3.05, 3.63) is 53.7 Å². The van der Waals surface area contributed by atoms with Gasteiger partial charge >= 0.3 is 5.97 Å². The second-order valence-electron chi connectivity index (χ2n) is 8.98. The van der Waals surface area contributed by atoms with Crippen molar-refractivity contribution in [2.45, 2.75) is 81.4 Å². The number of esters is 1. The molecule has 2 aromatic carbocycles. The van der Waals surface area contributed by atoms with Gasteiger partial charge in [0, 0.05) is 7.14 Å². The van der Waals surface area contributed by atoms with Gasteiger partial charge in [-0.15, -0.1) is 0 Å². The Bertz CT molecular complexity index is 1150. The number of carbonyl (C=O) groups excluding carboxylic acids is 1. The first kappa shape index (κ1) is 25.4. The number of halogens is 2. The van der Waals surface area contributed by atoms with Crippen molar-refractivity contribution >= 4 is 61.3 Å². The third-order valence-corrected chi connectivity index (χ3v) is 9.21. The first-order chi connectivity index (χ1) is 15.8. The summed E-state index contributed by atoms with van der Waals surface area (Å²) in [6.45, 7) is 0. The van der Waals surface area contributed by atoms with Crippen molar-refractivity contribution in [2.24, 2.45) is 0 Å². The van der Waals surface area contributed by atoms with Crippen molar-refractivity contribution < 1.29 is 22.5 Å². The summed E-state index contributed by atoms with van der Waals surface area (Å²) in [7, 11) is -4.34. The lowest BCUT2D eigenvalue weighted by Gasteiger charge is -2.25. The first-order valence-corrected chi connectivity index (χ1v) is 15.2. The minimum Gasteiger partial charge on any atom is -0.423 e. The van der Waals surface area contributed by atoms with Gasteiger partial charge in [-0.2, -0.15) is 8.42 Å². The summed E-state index contributed by atoms with van der Waals surface area (Å²) in [4.78, 5) is 13.4. The third kappa shape index (κ3) is 5.92. The molecule has 5 nitrogen and oxygen atoms in total. The number of carbonyl (C=O) groups is 1. The molecule has 4 rings (SSSR count). The Balaban J connectivity index is 1.74. The van der Waals surface area contributed by atoms with Crippen molar-refractivity contribution in [1.82, 2.24) is 0 Å². The van der Waals surface area contributed by atoms with Gasteiger partial charge in [-0.05, 0) is 131 Å². The van der Waals surface area contributed by atoms with Gasteiger partial charge in [0.2, 0.25) is 0 Å². The number of ether oxygens (including phenoxy) is 1. The van der Waals surface area contributed by atoms with Crippen molar-refractivity contribution in [3.63, 3.8) is 0 Å². The Hall–Kier alpha value is -0.720. The van der Waals surface area contributed by atoms with Crippen molar-refractivity contribution in [2.75, 3.05) is 0 Å². The Morgan fingerprint density at radius 1 is 0.909 bits per heavy atom. The lowest BCUT2D eigenvalue weighted by molar-refractivity contribution is 0.0730. The molecule has 0 saturated heterocycles. The highest BCUT2D eigenvalue weighted by Gasteiger charge is 2.28. The van der Waals surface area contributed by atoms with E-state index in [0.717, 1.165) is 56.8 Å². The molecule has 1 fully saturated rings. The monoisotopic (exact) mass is 694 g/mol. The molecule has 178 valence electrons. The summed E-state index contributed by atoms with van der Waals surface area (Å²) in [6, 6.07) is 6.92. The van der Waals surface area contributed by atoms with Crippen LogP contribution in [0.2, 0.25) is 0 Å². The van der Waals surface area contributed by atoms with Gasteiger partial charge in [0.05, 0.1) is 10.5 Å². The smallest absolute Gasteiger partial charge is 0.343 e. The van der Waals surface area contributed by atoms with Crippen LogP contribution in [0.15, 0.2) is 29.2 Å². The zero-order valence-corrected chi connectivity index (χ0v) is 23.5. The zero-order valence-electron chi connectivity index (χ0n) is 18.4. The number of hydrogen-bond donors (Lipinski definition) is 1. The van der Waals surface area contributed by atoms with E-state index in [0.29, 0.717) is 35.6 Å².